The summed E-state index contributed by atoms with van der Waals surface area (Å²) in [5, 5.41) is 4.18. The molecule has 0 amide bonds. The van der Waals surface area contributed by atoms with E-state index in [1.807, 2.05) is 0 Å². The summed E-state index contributed by atoms with van der Waals surface area (Å²) in [6.07, 6.45) is 0.350. The minimum absolute atomic E-state index is 0.110. The van der Waals surface area contributed by atoms with Crippen LogP contribution in [0.4, 0.5) is 8.78 Å². The lowest BCUT2D eigenvalue weighted by molar-refractivity contribution is 0.326. The van der Waals surface area contributed by atoms with Crippen LogP contribution in [0.1, 0.15) is 30.0 Å². The molecule has 0 saturated heterocycles. The lowest BCUT2D eigenvalue weighted by Gasteiger charge is -2.11. The van der Waals surface area contributed by atoms with Crippen LogP contribution < -0.4 is 0 Å². The SMILES string of the molecule is C[S@](=O)c1nc2n(n1)[C@H](c1cccc(F)c1)C[C@@H]2F. The molecule has 1 aromatic carbocycles. The lowest BCUT2D eigenvalue weighted by atomic mass is 10.0. The van der Waals surface area contributed by atoms with Gasteiger partial charge in [0.15, 0.2) is 12.0 Å². The first-order valence-corrected chi connectivity index (χ1v) is 7.31. The van der Waals surface area contributed by atoms with Gasteiger partial charge in [0.25, 0.3) is 0 Å². The fraction of sp³-hybridized carbons (Fsp3) is 0.333. The van der Waals surface area contributed by atoms with E-state index < -0.39 is 23.0 Å². The molecular formula is C12H11F2N3OS. The fourth-order valence-corrected chi connectivity index (χ4v) is 2.70. The Balaban J connectivity index is 2.06. The molecular weight excluding hydrogens is 272 g/mol. The van der Waals surface area contributed by atoms with Crippen LogP contribution in [-0.4, -0.2) is 25.2 Å². The number of halogens is 2. The van der Waals surface area contributed by atoms with E-state index in [1.165, 1.54) is 23.1 Å². The molecule has 0 radical (unpaired) electrons. The highest BCUT2D eigenvalue weighted by molar-refractivity contribution is 7.84. The van der Waals surface area contributed by atoms with Crippen molar-refractivity contribution < 1.29 is 13.0 Å². The Morgan fingerprint density at radius 2 is 2.26 bits per heavy atom. The van der Waals surface area contributed by atoms with Crippen molar-refractivity contribution in [3.63, 3.8) is 0 Å². The summed E-state index contributed by atoms with van der Waals surface area (Å²) >= 11 is 0. The van der Waals surface area contributed by atoms with Crippen LogP contribution in [0.3, 0.4) is 0 Å². The maximum Gasteiger partial charge on any atom is 0.238 e. The number of rotatable bonds is 2. The van der Waals surface area contributed by atoms with Gasteiger partial charge in [0.2, 0.25) is 5.16 Å². The van der Waals surface area contributed by atoms with Gasteiger partial charge < -0.3 is 0 Å². The minimum Gasteiger partial charge on any atom is -0.251 e. The van der Waals surface area contributed by atoms with Gasteiger partial charge in [-0.15, -0.1) is 5.10 Å². The van der Waals surface area contributed by atoms with Crippen molar-refractivity contribution >= 4 is 10.8 Å². The van der Waals surface area contributed by atoms with Crippen LogP contribution in [0.25, 0.3) is 0 Å². The summed E-state index contributed by atoms with van der Waals surface area (Å²) in [5.41, 5.74) is 0.639. The molecule has 2 aromatic rings. The molecule has 4 nitrogen and oxygen atoms in total. The average molecular weight is 283 g/mol. The van der Waals surface area contributed by atoms with E-state index in [4.69, 9.17) is 0 Å². The Hall–Kier alpha value is -1.63. The van der Waals surface area contributed by atoms with Crippen LogP contribution in [-0.2, 0) is 10.8 Å². The molecule has 0 fully saturated rings. The first-order chi connectivity index (χ1) is 9.06. The van der Waals surface area contributed by atoms with E-state index in [0.717, 1.165) is 0 Å². The van der Waals surface area contributed by atoms with Gasteiger partial charge in [-0.3, -0.25) is 4.21 Å². The third-order valence-electron chi connectivity index (χ3n) is 3.13. The topological polar surface area (TPSA) is 47.8 Å². The molecule has 0 N–H and O–H groups in total. The predicted molar refractivity (Wildman–Crippen MR) is 65.4 cm³/mol. The molecule has 0 unspecified atom stereocenters. The smallest absolute Gasteiger partial charge is 0.238 e. The maximum absolute atomic E-state index is 13.9. The van der Waals surface area contributed by atoms with E-state index in [2.05, 4.69) is 10.1 Å². The van der Waals surface area contributed by atoms with Crippen molar-refractivity contribution in [2.75, 3.05) is 6.26 Å². The number of aromatic nitrogens is 3. The molecule has 1 aliphatic heterocycles. The number of hydrogen-bond donors (Lipinski definition) is 0. The van der Waals surface area contributed by atoms with E-state index in [1.54, 1.807) is 12.1 Å². The Morgan fingerprint density at radius 3 is 2.95 bits per heavy atom. The molecule has 0 saturated carbocycles. The van der Waals surface area contributed by atoms with Crippen LogP contribution in [0, 0.1) is 5.82 Å². The van der Waals surface area contributed by atoms with Gasteiger partial charge in [0.05, 0.1) is 16.8 Å². The van der Waals surface area contributed by atoms with Gasteiger partial charge in [-0.2, -0.15) is 0 Å². The third-order valence-corrected chi connectivity index (χ3v) is 3.82. The molecule has 1 aromatic heterocycles. The summed E-state index contributed by atoms with van der Waals surface area (Å²) < 4.78 is 39.9. The highest BCUT2D eigenvalue weighted by Gasteiger charge is 2.35. The van der Waals surface area contributed by atoms with Crippen molar-refractivity contribution in [1.82, 2.24) is 14.8 Å². The second-order valence-electron chi connectivity index (χ2n) is 4.43. The number of hydrogen-bond acceptors (Lipinski definition) is 3. The zero-order valence-corrected chi connectivity index (χ0v) is 10.9. The Labute approximate surface area is 110 Å². The van der Waals surface area contributed by atoms with Crippen molar-refractivity contribution in [1.29, 1.82) is 0 Å². The number of alkyl halides is 1. The predicted octanol–water partition coefficient (Wildman–Crippen LogP) is 2.16. The Bertz CT molecular complexity index is 658. The van der Waals surface area contributed by atoms with E-state index in [-0.39, 0.29) is 23.2 Å². The number of benzene rings is 1. The molecule has 1 aliphatic rings. The van der Waals surface area contributed by atoms with Crippen LogP contribution in [0.2, 0.25) is 0 Å². The third kappa shape index (κ3) is 2.07. The van der Waals surface area contributed by atoms with Gasteiger partial charge in [-0.05, 0) is 17.7 Å². The Kier molecular flexibility index (Phi) is 2.93. The zero-order valence-electron chi connectivity index (χ0n) is 10.1. The maximum atomic E-state index is 13.9. The standard InChI is InChI=1S/C12H11F2N3OS/c1-19(18)12-15-11-9(14)6-10(17(11)16-12)7-3-2-4-8(13)5-7/h2-5,9-10H,6H2,1H3/t9-,10-,19-/m0/s1. The number of fused-ring (bicyclic) bond motifs is 1. The quantitative estimate of drug-likeness (QED) is 0.848. The second-order valence-corrected chi connectivity index (χ2v) is 5.70. The number of nitrogens with zero attached hydrogens (tertiary/aromatic N) is 3. The van der Waals surface area contributed by atoms with Gasteiger partial charge >= 0.3 is 0 Å². The summed E-state index contributed by atoms with van der Waals surface area (Å²) in [7, 11) is -1.36. The van der Waals surface area contributed by atoms with Crippen LogP contribution >= 0.6 is 0 Å². The highest BCUT2D eigenvalue weighted by atomic mass is 32.2. The van der Waals surface area contributed by atoms with E-state index in [9.17, 15) is 13.0 Å². The summed E-state index contributed by atoms with van der Waals surface area (Å²) in [6.45, 7) is 0. The molecule has 0 spiro atoms. The molecule has 7 heteroatoms. The van der Waals surface area contributed by atoms with Crippen molar-refractivity contribution in [3.8, 4) is 0 Å². The van der Waals surface area contributed by atoms with Gasteiger partial charge in [-0.1, -0.05) is 12.1 Å². The molecule has 19 heavy (non-hydrogen) atoms. The molecule has 2 heterocycles. The largest absolute Gasteiger partial charge is 0.251 e. The van der Waals surface area contributed by atoms with Gasteiger partial charge in [-0.25, -0.2) is 18.4 Å². The van der Waals surface area contributed by atoms with Crippen molar-refractivity contribution in [2.45, 2.75) is 23.8 Å². The molecule has 100 valence electrons. The summed E-state index contributed by atoms with van der Waals surface area (Å²) in [5.74, 6) is -0.208. The van der Waals surface area contributed by atoms with E-state index >= 15 is 0 Å². The fourth-order valence-electron chi connectivity index (χ4n) is 2.27. The van der Waals surface area contributed by atoms with Crippen molar-refractivity contribution in [2.24, 2.45) is 0 Å². The average Bonchev–Trinajstić information content (AvgIpc) is 2.90. The zero-order chi connectivity index (χ0) is 13.6. The van der Waals surface area contributed by atoms with Gasteiger partial charge in [0.1, 0.15) is 5.82 Å². The first kappa shape index (κ1) is 12.4. The van der Waals surface area contributed by atoms with Crippen molar-refractivity contribution in [3.05, 3.63) is 41.5 Å². The molecule has 0 bridgehead atoms. The second kappa shape index (κ2) is 4.48. The molecule has 0 aliphatic carbocycles. The lowest BCUT2D eigenvalue weighted by Crippen LogP contribution is -2.08. The normalized spacial score (nSPS) is 23.3. The molecule has 3 rings (SSSR count). The van der Waals surface area contributed by atoms with Crippen LogP contribution in [0.5, 0.6) is 0 Å². The van der Waals surface area contributed by atoms with E-state index in [0.29, 0.717) is 5.56 Å². The monoisotopic (exact) mass is 283 g/mol. The van der Waals surface area contributed by atoms with Crippen LogP contribution in [0.15, 0.2) is 29.4 Å². The highest BCUT2D eigenvalue weighted by Crippen LogP contribution is 2.39. The Morgan fingerprint density at radius 1 is 1.47 bits per heavy atom. The first-order valence-electron chi connectivity index (χ1n) is 5.75. The van der Waals surface area contributed by atoms with Gasteiger partial charge in [0, 0.05) is 12.7 Å². The molecule has 3 atom stereocenters. The summed E-state index contributed by atoms with van der Waals surface area (Å²) in [6, 6.07) is 5.59. The minimum atomic E-state index is -1.36. The summed E-state index contributed by atoms with van der Waals surface area (Å²) in [4.78, 5) is 3.95.